The Morgan fingerprint density at radius 3 is 2.52 bits per heavy atom. The Balaban J connectivity index is 1.73. The van der Waals surface area contributed by atoms with Gasteiger partial charge in [0.05, 0.1) is 12.6 Å². The molecule has 1 aromatic rings. The van der Waals surface area contributed by atoms with Crippen LogP contribution in [0.3, 0.4) is 0 Å². The number of ether oxygens (including phenoxy) is 1. The highest BCUT2D eigenvalue weighted by molar-refractivity contribution is 5.81. The SMILES string of the molecule is CCOC(=O)NC1CCN(C(C)C(=O)NCc2ccc(F)cc2)CC1. The highest BCUT2D eigenvalue weighted by atomic mass is 19.1. The van der Waals surface area contributed by atoms with E-state index >= 15 is 0 Å². The van der Waals surface area contributed by atoms with Gasteiger partial charge in [-0.15, -0.1) is 0 Å². The summed E-state index contributed by atoms with van der Waals surface area (Å²) in [6, 6.07) is 5.92. The molecule has 1 aromatic carbocycles. The largest absolute Gasteiger partial charge is 0.450 e. The molecule has 1 atom stereocenters. The Morgan fingerprint density at radius 1 is 1.28 bits per heavy atom. The first-order valence-corrected chi connectivity index (χ1v) is 8.69. The van der Waals surface area contributed by atoms with E-state index in [1.54, 1.807) is 19.1 Å². The van der Waals surface area contributed by atoms with E-state index in [1.807, 2.05) is 6.92 Å². The van der Waals surface area contributed by atoms with E-state index in [4.69, 9.17) is 4.74 Å². The normalized spacial score (nSPS) is 16.9. The fourth-order valence-electron chi connectivity index (χ4n) is 2.88. The van der Waals surface area contributed by atoms with Gasteiger partial charge in [-0.25, -0.2) is 9.18 Å². The van der Waals surface area contributed by atoms with Gasteiger partial charge in [-0.3, -0.25) is 9.69 Å². The summed E-state index contributed by atoms with van der Waals surface area (Å²) in [6.07, 6.45) is 1.19. The van der Waals surface area contributed by atoms with Crippen LogP contribution in [0.25, 0.3) is 0 Å². The van der Waals surface area contributed by atoms with Gasteiger partial charge in [-0.2, -0.15) is 0 Å². The minimum atomic E-state index is -0.383. The maximum atomic E-state index is 12.9. The number of benzene rings is 1. The van der Waals surface area contributed by atoms with Crippen LogP contribution in [-0.4, -0.2) is 48.7 Å². The van der Waals surface area contributed by atoms with E-state index in [1.165, 1.54) is 12.1 Å². The first kappa shape index (κ1) is 19.2. The summed E-state index contributed by atoms with van der Waals surface area (Å²) in [6.45, 7) is 5.86. The Morgan fingerprint density at radius 2 is 1.92 bits per heavy atom. The van der Waals surface area contributed by atoms with Gasteiger partial charge in [0, 0.05) is 25.7 Å². The molecule has 1 unspecified atom stereocenters. The maximum Gasteiger partial charge on any atom is 0.407 e. The van der Waals surface area contributed by atoms with Gasteiger partial charge in [-0.05, 0) is 44.4 Å². The van der Waals surface area contributed by atoms with Gasteiger partial charge in [0.25, 0.3) is 0 Å². The van der Waals surface area contributed by atoms with Crippen molar-refractivity contribution in [2.24, 2.45) is 0 Å². The molecule has 1 aliphatic heterocycles. The molecule has 1 saturated heterocycles. The van der Waals surface area contributed by atoms with Gasteiger partial charge in [0.1, 0.15) is 5.82 Å². The number of carbonyl (C=O) groups is 2. The predicted octanol–water partition coefficient (Wildman–Crippen LogP) is 2.04. The average molecular weight is 351 g/mol. The number of nitrogens with one attached hydrogen (secondary N) is 2. The lowest BCUT2D eigenvalue weighted by Gasteiger charge is -2.35. The number of nitrogens with zero attached hydrogens (tertiary/aromatic N) is 1. The quantitative estimate of drug-likeness (QED) is 0.823. The lowest BCUT2D eigenvalue weighted by molar-refractivity contribution is -0.126. The first-order chi connectivity index (χ1) is 12.0. The molecule has 6 nitrogen and oxygen atoms in total. The molecule has 0 aliphatic carbocycles. The van der Waals surface area contributed by atoms with Crippen LogP contribution in [0.5, 0.6) is 0 Å². The first-order valence-electron chi connectivity index (χ1n) is 8.69. The van der Waals surface area contributed by atoms with E-state index in [-0.39, 0.29) is 29.9 Å². The van der Waals surface area contributed by atoms with E-state index in [0.717, 1.165) is 31.5 Å². The van der Waals surface area contributed by atoms with Crippen LogP contribution in [0, 0.1) is 5.82 Å². The molecule has 0 bridgehead atoms. The molecule has 0 radical (unpaired) electrons. The summed E-state index contributed by atoms with van der Waals surface area (Å²) in [5, 5.41) is 5.72. The summed E-state index contributed by atoms with van der Waals surface area (Å²) in [5.74, 6) is -0.344. The molecule has 0 spiro atoms. The molecule has 138 valence electrons. The summed E-state index contributed by atoms with van der Waals surface area (Å²) in [7, 11) is 0. The molecule has 2 N–H and O–H groups in total. The molecule has 0 aromatic heterocycles. The third-order valence-electron chi connectivity index (χ3n) is 4.43. The van der Waals surface area contributed by atoms with E-state index < -0.39 is 0 Å². The molecule has 2 amide bonds. The highest BCUT2D eigenvalue weighted by Crippen LogP contribution is 2.14. The van der Waals surface area contributed by atoms with Gasteiger partial charge in [0.2, 0.25) is 5.91 Å². The number of rotatable bonds is 6. The Kier molecular flexibility index (Phi) is 7.18. The minimum absolute atomic E-state index is 0.0545. The van der Waals surface area contributed by atoms with Crippen molar-refractivity contribution in [2.75, 3.05) is 19.7 Å². The van der Waals surface area contributed by atoms with Crippen LogP contribution in [0.15, 0.2) is 24.3 Å². The fourth-order valence-corrected chi connectivity index (χ4v) is 2.88. The Labute approximate surface area is 147 Å². The van der Waals surface area contributed by atoms with Crippen molar-refractivity contribution in [3.05, 3.63) is 35.6 Å². The van der Waals surface area contributed by atoms with Crippen LogP contribution in [0.1, 0.15) is 32.3 Å². The van der Waals surface area contributed by atoms with Crippen molar-refractivity contribution in [1.29, 1.82) is 0 Å². The van der Waals surface area contributed by atoms with Crippen LogP contribution in [0.4, 0.5) is 9.18 Å². The van der Waals surface area contributed by atoms with Crippen LogP contribution in [-0.2, 0) is 16.1 Å². The molecule has 25 heavy (non-hydrogen) atoms. The number of hydrogen-bond acceptors (Lipinski definition) is 4. The fraction of sp³-hybridized carbons (Fsp3) is 0.556. The smallest absolute Gasteiger partial charge is 0.407 e. The standard InChI is InChI=1S/C18H26FN3O3/c1-3-25-18(24)21-16-8-10-22(11-9-16)13(2)17(23)20-12-14-4-6-15(19)7-5-14/h4-7,13,16H,3,8-12H2,1-2H3,(H,20,23)(H,21,24). The summed E-state index contributed by atoms with van der Waals surface area (Å²) < 4.78 is 17.8. The van der Waals surface area contributed by atoms with Gasteiger partial charge >= 0.3 is 6.09 Å². The summed E-state index contributed by atoms with van der Waals surface area (Å²) in [4.78, 5) is 25.9. The predicted molar refractivity (Wildman–Crippen MR) is 92.5 cm³/mol. The van der Waals surface area contributed by atoms with Crippen molar-refractivity contribution < 1.29 is 18.7 Å². The number of amides is 2. The number of hydrogen-bond donors (Lipinski definition) is 2. The molecule has 7 heteroatoms. The zero-order valence-corrected chi connectivity index (χ0v) is 14.8. The Bertz CT molecular complexity index is 571. The van der Waals surface area contributed by atoms with E-state index in [2.05, 4.69) is 15.5 Å². The molecular weight excluding hydrogens is 325 g/mol. The monoisotopic (exact) mass is 351 g/mol. The molecule has 2 rings (SSSR count). The maximum absolute atomic E-state index is 12.9. The molecular formula is C18H26FN3O3. The second-order valence-electron chi connectivity index (χ2n) is 6.20. The number of likely N-dealkylation sites (tertiary alicyclic amines) is 1. The van der Waals surface area contributed by atoms with E-state index in [0.29, 0.717) is 13.2 Å². The van der Waals surface area contributed by atoms with Gasteiger partial charge in [-0.1, -0.05) is 12.1 Å². The van der Waals surface area contributed by atoms with Crippen molar-refractivity contribution >= 4 is 12.0 Å². The van der Waals surface area contributed by atoms with Crippen LogP contribution in [0.2, 0.25) is 0 Å². The lowest BCUT2D eigenvalue weighted by atomic mass is 10.0. The zero-order valence-electron chi connectivity index (χ0n) is 14.8. The van der Waals surface area contributed by atoms with Crippen molar-refractivity contribution in [3.8, 4) is 0 Å². The second kappa shape index (κ2) is 9.36. The zero-order chi connectivity index (χ0) is 18.2. The van der Waals surface area contributed by atoms with Crippen molar-refractivity contribution in [1.82, 2.24) is 15.5 Å². The van der Waals surface area contributed by atoms with Crippen molar-refractivity contribution in [3.63, 3.8) is 0 Å². The summed E-state index contributed by atoms with van der Waals surface area (Å²) >= 11 is 0. The average Bonchev–Trinajstić information content (AvgIpc) is 2.61. The molecule has 1 fully saturated rings. The third-order valence-corrected chi connectivity index (χ3v) is 4.43. The number of halogens is 1. The van der Waals surface area contributed by atoms with Crippen LogP contribution >= 0.6 is 0 Å². The molecule has 1 aliphatic rings. The lowest BCUT2D eigenvalue weighted by Crippen LogP contribution is -2.51. The van der Waals surface area contributed by atoms with Crippen molar-refractivity contribution in [2.45, 2.75) is 45.3 Å². The second-order valence-corrected chi connectivity index (χ2v) is 6.20. The van der Waals surface area contributed by atoms with Crippen LogP contribution < -0.4 is 10.6 Å². The molecule has 1 heterocycles. The third kappa shape index (κ3) is 6.01. The number of piperidine rings is 1. The highest BCUT2D eigenvalue weighted by Gasteiger charge is 2.27. The summed E-state index contributed by atoms with van der Waals surface area (Å²) in [5.41, 5.74) is 0.860. The number of carbonyl (C=O) groups excluding carboxylic acids is 2. The van der Waals surface area contributed by atoms with E-state index in [9.17, 15) is 14.0 Å². The molecule has 0 saturated carbocycles. The Hall–Kier alpha value is -2.15. The topological polar surface area (TPSA) is 70.7 Å². The van der Waals surface area contributed by atoms with Gasteiger partial charge < -0.3 is 15.4 Å². The number of alkyl carbamates (subject to hydrolysis) is 1. The minimum Gasteiger partial charge on any atom is -0.450 e. The van der Waals surface area contributed by atoms with Gasteiger partial charge in [0.15, 0.2) is 0 Å².